The summed E-state index contributed by atoms with van der Waals surface area (Å²) in [5, 5.41) is 15.6. The van der Waals surface area contributed by atoms with Crippen LogP contribution in [0.3, 0.4) is 0 Å². The Morgan fingerprint density at radius 1 is 1.27 bits per heavy atom. The first-order valence-electron chi connectivity index (χ1n) is 9.15. The van der Waals surface area contributed by atoms with Gasteiger partial charge in [0.15, 0.2) is 5.82 Å². The van der Waals surface area contributed by atoms with Gasteiger partial charge in [0.05, 0.1) is 17.1 Å². The molecule has 2 N–H and O–H groups in total. The summed E-state index contributed by atoms with van der Waals surface area (Å²) in [6.45, 7) is 2.07. The number of thiazole rings is 1. The van der Waals surface area contributed by atoms with Crippen LogP contribution in [0.15, 0.2) is 42.0 Å². The zero-order valence-corrected chi connectivity index (χ0v) is 17.2. The van der Waals surface area contributed by atoms with Gasteiger partial charge in [-0.1, -0.05) is 24.3 Å². The molecule has 0 aliphatic carbocycles. The molecule has 1 aromatic carbocycles. The third-order valence-electron chi connectivity index (χ3n) is 4.68. The van der Waals surface area contributed by atoms with Gasteiger partial charge in [0.2, 0.25) is 11.5 Å². The monoisotopic (exact) mass is 438 g/mol. The van der Waals surface area contributed by atoms with Crippen molar-refractivity contribution < 1.29 is 23.1 Å². The highest BCUT2D eigenvalue weighted by molar-refractivity contribution is 7.09. The lowest BCUT2D eigenvalue weighted by molar-refractivity contribution is -0.271. The third-order valence-corrected chi connectivity index (χ3v) is 5.45. The van der Waals surface area contributed by atoms with E-state index >= 15 is 0 Å². The molecule has 0 aliphatic heterocycles. The Kier molecular flexibility index (Phi) is 6.27. The number of carbonyl (C=O) groups is 1. The lowest BCUT2D eigenvalue weighted by atomic mass is 9.97. The molecule has 0 radical (unpaired) electrons. The number of amides is 1. The number of benzene rings is 1. The van der Waals surface area contributed by atoms with Crippen LogP contribution in [0.1, 0.15) is 22.8 Å². The summed E-state index contributed by atoms with van der Waals surface area (Å²) in [6, 6.07) is 7.59. The van der Waals surface area contributed by atoms with E-state index in [0.29, 0.717) is 6.42 Å². The number of nitrogens with one attached hydrogen (secondary N) is 1. The van der Waals surface area contributed by atoms with Crippen LogP contribution in [0.25, 0.3) is 11.3 Å². The van der Waals surface area contributed by atoms with E-state index in [0.717, 1.165) is 32.6 Å². The maximum Gasteiger partial charge on any atom is 0.425 e. The van der Waals surface area contributed by atoms with Gasteiger partial charge in [-0.2, -0.15) is 13.2 Å². The molecule has 0 fully saturated rings. The second-order valence-corrected chi connectivity index (χ2v) is 8.01. The van der Waals surface area contributed by atoms with E-state index in [4.69, 9.17) is 0 Å². The number of rotatable bonds is 7. The van der Waals surface area contributed by atoms with Crippen molar-refractivity contribution in [2.45, 2.75) is 31.5 Å². The number of alkyl halides is 3. The number of aryl methyl sites for hydroxylation is 2. The normalized spacial score (nSPS) is 13.8. The van der Waals surface area contributed by atoms with Gasteiger partial charge >= 0.3 is 6.18 Å². The van der Waals surface area contributed by atoms with Crippen molar-refractivity contribution in [1.29, 1.82) is 0 Å². The topological polar surface area (TPSA) is 80.0 Å². The Bertz CT molecular complexity index is 1010. The van der Waals surface area contributed by atoms with Gasteiger partial charge in [0, 0.05) is 36.9 Å². The molecule has 2 aromatic heterocycles. The van der Waals surface area contributed by atoms with E-state index in [2.05, 4.69) is 15.3 Å². The maximum absolute atomic E-state index is 13.5. The predicted octanol–water partition coefficient (Wildman–Crippen LogP) is 3.35. The average Bonchev–Trinajstić information content (AvgIpc) is 3.30. The van der Waals surface area contributed by atoms with Gasteiger partial charge in [-0.3, -0.25) is 4.79 Å². The van der Waals surface area contributed by atoms with E-state index in [9.17, 15) is 23.1 Å². The molecule has 1 atom stereocenters. The molecule has 0 spiro atoms. The number of aliphatic hydroxyl groups is 1. The minimum Gasteiger partial charge on any atom is -0.374 e. The highest BCUT2D eigenvalue weighted by Gasteiger charge is 2.58. The van der Waals surface area contributed by atoms with Crippen molar-refractivity contribution >= 4 is 17.2 Å². The Hall–Kier alpha value is -2.72. The third kappa shape index (κ3) is 4.71. The molecule has 3 aromatic rings. The second kappa shape index (κ2) is 8.57. The van der Waals surface area contributed by atoms with E-state index < -0.39 is 29.9 Å². The molecular formula is C20H21F3N4O2S. The van der Waals surface area contributed by atoms with Crippen LogP contribution in [-0.4, -0.2) is 38.3 Å². The first-order chi connectivity index (χ1) is 14.1. The summed E-state index contributed by atoms with van der Waals surface area (Å²) in [5.74, 6) is -1.54. The fourth-order valence-electron chi connectivity index (χ4n) is 3.05. The first-order valence-corrected chi connectivity index (χ1v) is 10.0. The quantitative estimate of drug-likeness (QED) is 0.593. The van der Waals surface area contributed by atoms with E-state index in [-0.39, 0.29) is 6.54 Å². The highest BCUT2D eigenvalue weighted by Crippen LogP contribution is 2.40. The van der Waals surface area contributed by atoms with Gasteiger partial charge in [0.25, 0.3) is 0 Å². The smallest absolute Gasteiger partial charge is 0.374 e. The van der Waals surface area contributed by atoms with Crippen molar-refractivity contribution in [1.82, 2.24) is 19.9 Å². The molecule has 3 rings (SSSR count). The minimum absolute atomic E-state index is 0.141. The summed E-state index contributed by atoms with van der Waals surface area (Å²) in [7, 11) is 1.33. The predicted molar refractivity (Wildman–Crippen MR) is 107 cm³/mol. The van der Waals surface area contributed by atoms with Gasteiger partial charge < -0.3 is 15.0 Å². The molecule has 2 heterocycles. The number of aromatic nitrogens is 3. The number of nitrogens with zero attached hydrogens (tertiary/aromatic N) is 3. The van der Waals surface area contributed by atoms with E-state index in [1.807, 2.05) is 36.6 Å². The molecule has 0 bridgehead atoms. The number of carbonyl (C=O) groups excluding carboxylic acids is 1. The van der Waals surface area contributed by atoms with Crippen molar-refractivity contribution in [2.24, 2.45) is 7.05 Å². The number of hydrogen-bond acceptors (Lipinski definition) is 5. The van der Waals surface area contributed by atoms with Crippen LogP contribution in [0.2, 0.25) is 0 Å². The molecule has 160 valence electrons. The van der Waals surface area contributed by atoms with Crippen molar-refractivity contribution in [2.75, 3.05) is 6.54 Å². The zero-order valence-electron chi connectivity index (χ0n) is 16.4. The molecule has 6 nitrogen and oxygen atoms in total. The van der Waals surface area contributed by atoms with Crippen LogP contribution in [-0.2, 0) is 23.9 Å². The number of imidazole rings is 1. The Morgan fingerprint density at radius 2 is 1.97 bits per heavy atom. The summed E-state index contributed by atoms with van der Waals surface area (Å²) < 4.78 is 41.5. The molecular weight excluding hydrogens is 417 g/mol. The number of hydrogen-bond donors (Lipinski definition) is 2. The lowest BCUT2D eigenvalue weighted by Crippen LogP contribution is -2.48. The van der Waals surface area contributed by atoms with Gasteiger partial charge in [0.1, 0.15) is 0 Å². The number of halogens is 3. The molecule has 10 heteroatoms. The summed E-state index contributed by atoms with van der Waals surface area (Å²) in [6.07, 6.45) is -3.35. The SMILES string of the molecule is Cc1nc(-c2ccc(CCNC(=O)CC(O)(c3nccn3C)C(F)(F)F)cc2)cs1. The fourth-order valence-corrected chi connectivity index (χ4v) is 3.67. The van der Waals surface area contributed by atoms with Crippen molar-refractivity contribution in [3.8, 4) is 11.3 Å². The Balaban J connectivity index is 1.58. The average molecular weight is 438 g/mol. The fraction of sp³-hybridized carbons (Fsp3) is 0.350. The van der Waals surface area contributed by atoms with Crippen LogP contribution in [0.5, 0.6) is 0 Å². The van der Waals surface area contributed by atoms with E-state index in [1.165, 1.54) is 13.2 Å². The van der Waals surface area contributed by atoms with Gasteiger partial charge in [-0.25, -0.2) is 9.97 Å². The standard InChI is InChI=1S/C20H21F3N4O2S/c1-13-26-16(12-30-13)15-5-3-14(4-6-15)7-8-24-17(28)11-19(29,20(21,22)23)18-25-9-10-27(18)2/h3-6,9-10,12,29H,7-8,11H2,1-2H3,(H,24,28). The largest absolute Gasteiger partial charge is 0.425 e. The van der Waals surface area contributed by atoms with Gasteiger partial charge in [-0.05, 0) is 18.9 Å². The second-order valence-electron chi connectivity index (χ2n) is 6.95. The lowest BCUT2D eigenvalue weighted by Gasteiger charge is -2.29. The highest BCUT2D eigenvalue weighted by atomic mass is 32.1. The van der Waals surface area contributed by atoms with Crippen LogP contribution >= 0.6 is 11.3 Å². The summed E-state index contributed by atoms with van der Waals surface area (Å²) in [5.41, 5.74) is -0.584. The molecule has 0 saturated heterocycles. The summed E-state index contributed by atoms with van der Waals surface area (Å²) >= 11 is 1.56. The van der Waals surface area contributed by atoms with Crippen LogP contribution < -0.4 is 5.32 Å². The van der Waals surface area contributed by atoms with Crippen LogP contribution in [0.4, 0.5) is 13.2 Å². The summed E-state index contributed by atoms with van der Waals surface area (Å²) in [4.78, 5) is 20.1. The van der Waals surface area contributed by atoms with Gasteiger partial charge in [-0.15, -0.1) is 11.3 Å². The zero-order chi connectivity index (χ0) is 21.9. The minimum atomic E-state index is -5.05. The van der Waals surface area contributed by atoms with Crippen molar-refractivity contribution in [3.63, 3.8) is 0 Å². The van der Waals surface area contributed by atoms with E-state index in [1.54, 1.807) is 11.3 Å². The maximum atomic E-state index is 13.5. The first kappa shape index (κ1) is 22.0. The Labute approximate surface area is 175 Å². The molecule has 30 heavy (non-hydrogen) atoms. The molecule has 0 aliphatic rings. The Morgan fingerprint density at radius 3 is 2.50 bits per heavy atom. The molecule has 1 unspecified atom stereocenters. The van der Waals surface area contributed by atoms with Crippen LogP contribution in [0, 0.1) is 6.92 Å². The van der Waals surface area contributed by atoms with Crippen molar-refractivity contribution in [3.05, 3.63) is 58.4 Å². The molecule has 0 saturated carbocycles. The molecule has 1 amide bonds.